The van der Waals surface area contributed by atoms with Crippen LogP contribution >= 0.6 is 0 Å². The lowest BCUT2D eigenvalue weighted by Gasteiger charge is -2.38. The predicted molar refractivity (Wildman–Crippen MR) is 99.0 cm³/mol. The molecule has 3 aliphatic rings. The third-order valence-corrected chi connectivity index (χ3v) is 6.45. The highest BCUT2D eigenvalue weighted by Crippen LogP contribution is 2.27. The first-order valence-electron chi connectivity index (χ1n) is 10.6. The van der Waals surface area contributed by atoms with E-state index in [9.17, 15) is 4.79 Å². The van der Waals surface area contributed by atoms with E-state index in [0.717, 1.165) is 44.4 Å². The molecule has 2 N–H and O–H groups in total. The summed E-state index contributed by atoms with van der Waals surface area (Å²) < 4.78 is 0. The molecule has 4 heteroatoms. The summed E-state index contributed by atoms with van der Waals surface area (Å²) in [6, 6.07) is 0.847. The van der Waals surface area contributed by atoms with E-state index in [0.29, 0.717) is 5.91 Å². The van der Waals surface area contributed by atoms with Crippen LogP contribution in [-0.2, 0) is 4.79 Å². The van der Waals surface area contributed by atoms with E-state index in [2.05, 4.69) is 15.5 Å². The van der Waals surface area contributed by atoms with Crippen molar-refractivity contribution in [3.8, 4) is 0 Å². The molecule has 0 aromatic carbocycles. The summed E-state index contributed by atoms with van der Waals surface area (Å²) >= 11 is 0. The van der Waals surface area contributed by atoms with Gasteiger partial charge < -0.3 is 15.5 Å². The van der Waals surface area contributed by atoms with Crippen LogP contribution in [0.15, 0.2) is 0 Å². The van der Waals surface area contributed by atoms with Crippen molar-refractivity contribution in [3.63, 3.8) is 0 Å². The summed E-state index contributed by atoms with van der Waals surface area (Å²) in [7, 11) is 0. The number of rotatable bonds is 5. The maximum atomic E-state index is 12.2. The van der Waals surface area contributed by atoms with Crippen molar-refractivity contribution in [2.75, 3.05) is 32.7 Å². The summed E-state index contributed by atoms with van der Waals surface area (Å²) in [6.07, 6.45) is 14.5. The standard InChI is InChI=1S/C20H37N3O/c24-20(18-10-12-21-13-11-18)22-14-9-17-6-5-15-23(16-17)19-7-3-1-2-4-8-19/h17-19,21H,1-16H2,(H,22,24)/t17-/m1/s1. The average Bonchev–Trinajstić information content (AvgIpc) is 2.92. The maximum Gasteiger partial charge on any atom is 0.223 e. The van der Waals surface area contributed by atoms with Gasteiger partial charge in [-0.05, 0) is 70.5 Å². The fourth-order valence-corrected chi connectivity index (χ4v) is 4.92. The molecule has 24 heavy (non-hydrogen) atoms. The van der Waals surface area contributed by atoms with Gasteiger partial charge in [-0.1, -0.05) is 25.7 Å². The molecular formula is C20H37N3O. The highest BCUT2D eigenvalue weighted by atomic mass is 16.1. The Balaban J connectivity index is 1.36. The zero-order chi connectivity index (χ0) is 16.6. The summed E-state index contributed by atoms with van der Waals surface area (Å²) in [4.78, 5) is 15.0. The van der Waals surface area contributed by atoms with Gasteiger partial charge in [-0.3, -0.25) is 4.79 Å². The van der Waals surface area contributed by atoms with Crippen LogP contribution in [0.1, 0.15) is 70.6 Å². The molecule has 4 nitrogen and oxygen atoms in total. The smallest absolute Gasteiger partial charge is 0.223 e. The summed E-state index contributed by atoms with van der Waals surface area (Å²) in [5, 5.41) is 6.55. The Labute approximate surface area is 148 Å². The minimum absolute atomic E-state index is 0.250. The number of carbonyl (C=O) groups excluding carboxylic acids is 1. The molecular weight excluding hydrogens is 298 g/mol. The highest BCUT2D eigenvalue weighted by Gasteiger charge is 2.26. The number of nitrogens with one attached hydrogen (secondary N) is 2. The zero-order valence-corrected chi connectivity index (χ0v) is 15.4. The maximum absolute atomic E-state index is 12.2. The van der Waals surface area contributed by atoms with Gasteiger partial charge in [0, 0.05) is 25.0 Å². The quantitative estimate of drug-likeness (QED) is 0.759. The van der Waals surface area contributed by atoms with E-state index >= 15 is 0 Å². The first-order valence-corrected chi connectivity index (χ1v) is 10.6. The van der Waals surface area contributed by atoms with E-state index in [-0.39, 0.29) is 5.92 Å². The van der Waals surface area contributed by atoms with Crippen LogP contribution in [0.25, 0.3) is 0 Å². The fraction of sp³-hybridized carbons (Fsp3) is 0.950. The summed E-state index contributed by atoms with van der Waals surface area (Å²) in [6.45, 7) is 5.45. The molecule has 1 atom stereocenters. The van der Waals surface area contributed by atoms with E-state index in [1.165, 1.54) is 70.9 Å². The number of hydrogen-bond acceptors (Lipinski definition) is 3. The van der Waals surface area contributed by atoms with Gasteiger partial charge in [0.15, 0.2) is 0 Å². The van der Waals surface area contributed by atoms with Gasteiger partial charge in [-0.25, -0.2) is 0 Å². The van der Waals surface area contributed by atoms with Crippen LogP contribution in [0, 0.1) is 11.8 Å². The monoisotopic (exact) mass is 335 g/mol. The van der Waals surface area contributed by atoms with E-state index in [1.54, 1.807) is 0 Å². The van der Waals surface area contributed by atoms with Crippen molar-refractivity contribution < 1.29 is 4.79 Å². The Morgan fingerprint density at radius 1 is 0.958 bits per heavy atom. The Morgan fingerprint density at radius 3 is 2.46 bits per heavy atom. The number of nitrogens with zero attached hydrogens (tertiary/aromatic N) is 1. The van der Waals surface area contributed by atoms with Gasteiger partial charge in [-0.15, -0.1) is 0 Å². The average molecular weight is 336 g/mol. The van der Waals surface area contributed by atoms with Crippen LogP contribution < -0.4 is 10.6 Å². The van der Waals surface area contributed by atoms with Crippen LogP contribution in [0.3, 0.4) is 0 Å². The third kappa shape index (κ3) is 5.45. The normalized spacial score (nSPS) is 28.4. The molecule has 0 aromatic heterocycles. The highest BCUT2D eigenvalue weighted by molar-refractivity contribution is 5.78. The molecule has 0 unspecified atom stereocenters. The number of likely N-dealkylation sites (tertiary alicyclic amines) is 1. The Hall–Kier alpha value is -0.610. The van der Waals surface area contributed by atoms with Crippen LogP contribution in [-0.4, -0.2) is 49.6 Å². The van der Waals surface area contributed by atoms with Crippen LogP contribution in [0.5, 0.6) is 0 Å². The molecule has 0 spiro atoms. The molecule has 2 saturated heterocycles. The summed E-state index contributed by atoms with van der Waals surface area (Å²) in [5.74, 6) is 1.34. The molecule has 2 aliphatic heterocycles. The van der Waals surface area contributed by atoms with E-state index in [1.807, 2.05) is 0 Å². The van der Waals surface area contributed by atoms with Crippen molar-refractivity contribution in [1.29, 1.82) is 0 Å². The van der Waals surface area contributed by atoms with E-state index < -0.39 is 0 Å². The molecule has 138 valence electrons. The van der Waals surface area contributed by atoms with Gasteiger partial charge in [0.05, 0.1) is 0 Å². The number of hydrogen-bond donors (Lipinski definition) is 2. The van der Waals surface area contributed by atoms with Crippen LogP contribution in [0.2, 0.25) is 0 Å². The molecule has 3 rings (SSSR count). The van der Waals surface area contributed by atoms with E-state index in [4.69, 9.17) is 0 Å². The SMILES string of the molecule is O=C(NCC[C@H]1CCCN(C2CCCCCC2)C1)C1CCNCC1. The minimum Gasteiger partial charge on any atom is -0.356 e. The van der Waals surface area contributed by atoms with Crippen molar-refractivity contribution in [3.05, 3.63) is 0 Å². The predicted octanol–water partition coefficient (Wildman–Crippen LogP) is 2.93. The van der Waals surface area contributed by atoms with Gasteiger partial charge >= 0.3 is 0 Å². The second-order valence-corrected chi connectivity index (χ2v) is 8.25. The molecule has 0 aromatic rings. The third-order valence-electron chi connectivity index (χ3n) is 6.45. The second-order valence-electron chi connectivity index (χ2n) is 8.25. The van der Waals surface area contributed by atoms with Crippen molar-refractivity contribution in [2.45, 2.75) is 76.7 Å². The largest absolute Gasteiger partial charge is 0.356 e. The molecule has 2 heterocycles. The Kier molecular flexibility index (Phi) is 7.40. The Bertz CT molecular complexity index is 373. The molecule has 0 radical (unpaired) electrons. The van der Waals surface area contributed by atoms with Crippen molar-refractivity contribution in [2.24, 2.45) is 11.8 Å². The van der Waals surface area contributed by atoms with Gasteiger partial charge in [0.1, 0.15) is 0 Å². The number of piperidine rings is 2. The lowest BCUT2D eigenvalue weighted by atomic mass is 9.92. The summed E-state index contributed by atoms with van der Waals surface area (Å²) in [5.41, 5.74) is 0. The molecule has 1 amide bonds. The molecule has 0 bridgehead atoms. The number of amides is 1. The minimum atomic E-state index is 0.250. The van der Waals surface area contributed by atoms with Gasteiger partial charge in [0.25, 0.3) is 0 Å². The first kappa shape index (κ1) is 18.2. The fourth-order valence-electron chi connectivity index (χ4n) is 4.92. The Morgan fingerprint density at radius 2 is 1.71 bits per heavy atom. The zero-order valence-electron chi connectivity index (χ0n) is 15.4. The molecule has 1 aliphatic carbocycles. The van der Waals surface area contributed by atoms with Crippen molar-refractivity contribution in [1.82, 2.24) is 15.5 Å². The lowest BCUT2D eigenvalue weighted by Crippen LogP contribution is -2.43. The topological polar surface area (TPSA) is 44.4 Å². The van der Waals surface area contributed by atoms with Gasteiger partial charge in [0.2, 0.25) is 5.91 Å². The van der Waals surface area contributed by atoms with Crippen molar-refractivity contribution >= 4 is 5.91 Å². The molecule has 1 saturated carbocycles. The second kappa shape index (κ2) is 9.76. The van der Waals surface area contributed by atoms with Crippen LogP contribution in [0.4, 0.5) is 0 Å². The lowest BCUT2D eigenvalue weighted by molar-refractivity contribution is -0.125. The molecule has 3 fully saturated rings. The number of carbonyl (C=O) groups is 1. The first-order chi connectivity index (χ1) is 11.8. The van der Waals surface area contributed by atoms with Gasteiger partial charge in [-0.2, -0.15) is 0 Å².